The molecule has 112 valence electrons. The Labute approximate surface area is 126 Å². The fourth-order valence-corrected chi connectivity index (χ4v) is 2.35. The summed E-state index contributed by atoms with van der Waals surface area (Å²) in [4.78, 5) is 11.6. The molecule has 1 amide bonds. The summed E-state index contributed by atoms with van der Waals surface area (Å²) in [5.41, 5.74) is 4.36. The Morgan fingerprint density at radius 1 is 1.24 bits per heavy atom. The van der Waals surface area contributed by atoms with Crippen molar-refractivity contribution in [3.8, 4) is 5.69 Å². The molecule has 0 bridgehead atoms. The molecule has 0 spiro atoms. The Bertz CT molecular complexity index is 611. The number of rotatable bonds is 5. The van der Waals surface area contributed by atoms with Gasteiger partial charge in [0.05, 0.1) is 11.4 Å². The van der Waals surface area contributed by atoms with Crippen LogP contribution in [0.3, 0.4) is 0 Å². The van der Waals surface area contributed by atoms with E-state index in [-0.39, 0.29) is 11.9 Å². The largest absolute Gasteiger partial charge is 0.354 e. The molecule has 0 fully saturated rings. The predicted molar refractivity (Wildman–Crippen MR) is 84.6 cm³/mol. The highest BCUT2D eigenvalue weighted by atomic mass is 16.1. The van der Waals surface area contributed by atoms with Crippen LogP contribution in [0.1, 0.15) is 37.2 Å². The number of nitrogens with one attached hydrogen (secondary N) is 1. The number of amides is 1. The summed E-state index contributed by atoms with van der Waals surface area (Å²) < 4.78 is 1.94. The Morgan fingerprint density at radius 3 is 2.43 bits per heavy atom. The summed E-state index contributed by atoms with van der Waals surface area (Å²) >= 11 is 0. The topological polar surface area (TPSA) is 46.9 Å². The Balaban J connectivity index is 1.99. The minimum atomic E-state index is 0.104. The van der Waals surface area contributed by atoms with Crippen LogP contribution >= 0.6 is 0 Å². The van der Waals surface area contributed by atoms with E-state index < -0.39 is 0 Å². The first kappa shape index (κ1) is 15.3. The van der Waals surface area contributed by atoms with Crippen LogP contribution < -0.4 is 5.32 Å². The van der Waals surface area contributed by atoms with Crippen molar-refractivity contribution in [1.29, 1.82) is 0 Å². The standard InChI is InChI=1S/C17H23N3O/c1-12(2)18-17(21)10-7-15-5-8-16(9-6-15)20-14(4)11-13(3)19-20/h5-6,8-9,11-12H,7,10H2,1-4H3,(H,18,21). The number of nitrogens with zero attached hydrogens (tertiary/aromatic N) is 2. The molecule has 4 heteroatoms. The Morgan fingerprint density at radius 2 is 1.90 bits per heavy atom. The molecule has 0 saturated carbocycles. The monoisotopic (exact) mass is 285 g/mol. The maximum Gasteiger partial charge on any atom is 0.220 e. The molecule has 0 unspecified atom stereocenters. The van der Waals surface area contributed by atoms with Gasteiger partial charge in [0.2, 0.25) is 5.91 Å². The average Bonchev–Trinajstić information content (AvgIpc) is 2.75. The SMILES string of the molecule is Cc1cc(C)n(-c2ccc(CCC(=O)NC(C)C)cc2)n1. The molecule has 4 nitrogen and oxygen atoms in total. The number of aromatic nitrogens is 2. The maximum absolute atomic E-state index is 11.6. The summed E-state index contributed by atoms with van der Waals surface area (Å²) in [7, 11) is 0. The Hall–Kier alpha value is -2.10. The van der Waals surface area contributed by atoms with E-state index in [2.05, 4.69) is 40.7 Å². The lowest BCUT2D eigenvalue weighted by Crippen LogP contribution is -2.30. The molecular weight excluding hydrogens is 262 g/mol. The van der Waals surface area contributed by atoms with Crippen LogP contribution in [0.5, 0.6) is 0 Å². The third kappa shape index (κ3) is 4.18. The number of hydrogen-bond acceptors (Lipinski definition) is 2. The second kappa shape index (κ2) is 6.57. The highest BCUT2D eigenvalue weighted by Crippen LogP contribution is 2.14. The van der Waals surface area contributed by atoms with Crippen molar-refractivity contribution >= 4 is 5.91 Å². The van der Waals surface area contributed by atoms with Crippen LogP contribution in [0.4, 0.5) is 0 Å². The second-order valence-electron chi connectivity index (χ2n) is 5.73. The molecule has 2 aromatic rings. The van der Waals surface area contributed by atoms with E-state index in [0.717, 1.165) is 23.5 Å². The second-order valence-corrected chi connectivity index (χ2v) is 5.73. The number of hydrogen-bond donors (Lipinski definition) is 1. The molecule has 1 N–H and O–H groups in total. The van der Waals surface area contributed by atoms with E-state index in [1.54, 1.807) is 0 Å². The molecule has 0 aliphatic heterocycles. The summed E-state index contributed by atoms with van der Waals surface area (Å²) in [6.45, 7) is 7.98. The molecule has 0 radical (unpaired) electrons. The fraction of sp³-hybridized carbons (Fsp3) is 0.412. The lowest BCUT2D eigenvalue weighted by molar-refractivity contribution is -0.121. The van der Waals surface area contributed by atoms with E-state index in [4.69, 9.17) is 0 Å². The quantitative estimate of drug-likeness (QED) is 0.918. The molecule has 0 aliphatic carbocycles. The molecule has 1 heterocycles. The van der Waals surface area contributed by atoms with Gasteiger partial charge >= 0.3 is 0 Å². The van der Waals surface area contributed by atoms with Gasteiger partial charge < -0.3 is 5.32 Å². The van der Waals surface area contributed by atoms with Gasteiger partial charge in [-0.15, -0.1) is 0 Å². The number of aryl methyl sites for hydroxylation is 3. The van der Waals surface area contributed by atoms with Gasteiger partial charge in [0.15, 0.2) is 0 Å². The van der Waals surface area contributed by atoms with Gasteiger partial charge in [0.1, 0.15) is 0 Å². The van der Waals surface area contributed by atoms with Gasteiger partial charge in [-0.2, -0.15) is 5.10 Å². The van der Waals surface area contributed by atoms with Gasteiger partial charge in [-0.05, 0) is 57.9 Å². The van der Waals surface area contributed by atoms with Crippen molar-refractivity contribution in [1.82, 2.24) is 15.1 Å². The smallest absolute Gasteiger partial charge is 0.220 e. The molecule has 1 aromatic heterocycles. The zero-order valence-electron chi connectivity index (χ0n) is 13.2. The summed E-state index contributed by atoms with van der Waals surface area (Å²) in [5.74, 6) is 0.104. The number of benzene rings is 1. The molecule has 1 aromatic carbocycles. The van der Waals surface area contributed by atoms with Gasteiger partial charge in [-0.25, -0.2) is 4.68 Å². The first-order valence-corrected chi connectivity index (χ1v) is 7.37. The summed E-state index contributed by atoms with van der Waals surface area (Å²) in [6.07, 6.45) is 1.29. The molecule has 0 aliphatic rings. The van der Waals surface area contributed by atoms with Crippen LogP contribution in [0.2, 0.25) is 0 Å². The minimum absolute atomic E-state index is 0.104. The third-order valence-electron chi connectivity index (χ3n) is 3.28. The number of carbonyl (C=O) groups is 1. The van der Waals surface area contributed by atoms with Gasteiger partial charge in [-0.3, -0.25) is 4.79 Å². The van der Waals surface area contributed by atoms with Crippen LogP contribution in [0, 0.1) is 13.8 Å². The molecule has 21 heavy (non-hydrogen) atoms. The van der Waals surface area contributed by atoms with Crippen LogP contribution in [-0.2, 0) is 11.2 Å². The van der Waals surface area contributed by atoms with Crippen molar-refractivity contribution in [2.75, 3.05) is 0 Å². The lowest BCUT2D eigenvalue weighted by atomic mass is 10.1. The van der Waals surface area contributed by atoms with Crippen LogP contribution in [-0.4, -0.2) is 21.7 Å². The third-order valence-corrected chi connectivity index (χ3v) is 3.28. The van der Waals surface area contributed by atoms with Gasteiger partial charge in [0, 0.05) is 18.2 Å². The first-order chi connectivity index (χ1) is 9.95. The zero-order chi connectivity index (χ0) is 15.4. The van der Waals surface area contributed by atoms with Crippen molar-refractivity contribution in [2.45, 2.75) is 46.6 Å². The highest BCUT2D eigenvalue weighted by Gasteiger charge is 2.06. The van der Waals surface area contributed by atoms with Crippen molar-refractivity contribution in [2.24, 2.45) is 0 Å². The molecule has 0 saturated heterocycles. The van der Waals surface area contributed by atoms with Crippen molar-refractivity contribution < 1.29 is 4.79 Å². The molecule has 0 atom stereocenters. The minimum Gasteiger partial charge on any atom is -0.354 e. The first-order valence-electron chi connectivity index (χ1n) is 7.37. The lowest BCUT2D eigenvalue weighted by Gasteiger charge is -2.09. The van der Waals surface area contributed by atoms with Crippen LogP contribution in [0.25, 0.3) is 5.69 Å². The molecular formula is C17H23N3O. The molecule has 2 rings (SSSR count). The van der Waals surface area contributed by atoms with Gasteiger partial charge in [0.25, 0.3) is 0 Å². The Kier molecular flexibility index (Phi) is 4.78. The van der Waals surface area contributed by atoms with E-state index in [9.17, 15) is 4.79 Å². The summed E-state index contributed by atoms with van der Waals surface area (Å²) in [6, 6.07) is 10.5. The summed E-state index contributed by atoms with van der Waals surface area (Å²) in [5, 5.41) is 7.38. The van der Waals surface area contributed by atoms with Crippen LogP contribution in [0.15, 0.2) is 30.3 Å². The normalized spacial score (nSPS) is 10.9. The predicted octanol–water partition coefficient (Wildman–Crippen LogP) is 2.95. The van der Waals surface area contributed by atoms with Crippen molar-refractivity contribution in [3.05, 3.63) is 47.3 Å². The van der Waals surface area contributed by atoms with E-state index >= 15 is 0 Å². The fourth-order valence-electron chi connectivity index (χ4n) is 2.35. The van der Waals surface area contributed by atoms with E-state index in [0.29, 0.717) is 6.42 Å². The maximum atomic E-state index is 11.6. The van der Waals surface area contributed by atoms with E-state index in [1.807, 2.05) is 32.4 Å². The van der Waals surface area contributed by atoms with Gasteiger partial charge in [-0.1, -0.05) is 12.1 Å². The highest BCUT2D eigenvalue weighted by molar-refractivity contribution is 5.76. The number of carbonyl (C=O) groups excluding carboxylic acids is 1. The van der Waals surface area contributed by atoms with E-state index in [1.165, 1.54) is 5.56 Å². The average molecular weight is 285 g/mol. The van der Waals surface area contributed by atoms with Crippen molar-refractivity contribution in [3.63, 3.8) is 0 Å². The zero-order valence-corrected chi connectivity index (χ0v) is 13.2.